The van der Waals surface area contributed by atoms with Gasteiger partial charge in [0, 0.05) is 25.8 Å². The first-order valence-electron chi connectivity index (χ1n) is 7.54. The van der Waals surface area contributed by atoms with Crippen molar-refractivity contribution in [3.8, 4) is 0 Å². The van der Waals surface area contributed by atoms with Crippen molar-refractivity contribution < 1.29 is 14.6 Å². The van der Waals surface area contributed by atoms with Gasteiger partial charge in [-0.2, -0.15) is 0 Å². The molecule has 4 nitrogen and oxygen atoms in total. The summed E-state index contributed by atoms with van der Waals surface area (Å²) in [5, 5.41) is 10.3. The Bertz CT molecular complexity index is 520. The highest BCUT2D eigenvalue weighted by molar-refractivity contribution is 5.91. The van der Waals surface area contributed by atoms with Crippen LogP contribution in [-0.2, 0) is 9.53 Å². The van der Waals surface area contributed by atoms with Gasteiger partial charge < -0.3 is 14.7 Å². The number of rotatable bonds is 2. The van der Waals surface area contributed by atoms with Gasteiger partial charge in [0.25, 0.3) is 0 Å². The molecule has 1 spiro atoms. The number of ether oxygens (including phenoxy) is 1. The monoisotopic (exact) mass is 287 g/mol. The molecule has 1 aromatic carbocycles. The number of aliphatic hydroxyl groups excluding tert-OH is 1. The maximum absolute atomic E-state index is 12.2. The van der Waals surface area contributed by atoms with Crippen molar-refractivity contribution in [2.75, 3.05) is 19.7 Å². The van der Waals surface area contributed by atoms with E-state index < -0.39 is 11.7 Å². The van der Waals surface area contributed by atoms with Crippen LogP contribution in [0.3, 0.4) is 0 Å². The van der Waals surface area contributed by atoms with Gasteiger partial charge in [0.2, 0.25) is 5.91 Å². The third-order valence-electron chi connectivity index (χ3n) is 4.47. The van der Waals surface area contributed by atoms with E-state index in [0.717, 1.165) is 31.4 Å². The molecule has 0 aliphatic carbocycles. The second-order valence-corrected chi connectivity index (χ2v) is 5.81. The Morgan fingerprint density at radius 1 is 1.33 bits per heavy atom. The molecule has 1 aromatic rings. The maximum atomic E-state index is 12.2. The molecule has 3 rings (SSSR count). The molecule has 112 valence electrons. The molecule has 1 N–H and O–H groups in total. The lowest BCUT2D eigenvalue weighted by Crippen LogP contribution is -2.56. The van der Waals surface area contributed by atoms with E-state index in [1.165, 1.54) is 0 Å². The highest BCUT2D eigenvalue weighted by Crippen LogP contribution is 2.35. The second kappa shape index (κ2) is 6.00. The molecule has 0 saturated carbocycles. The van der Waals surface area contributed by atoms with Gasteiger partial charge in [0.15, 0.2) is 0 Å². The first-order valence-corrected chi connectivity index (χ1v) is 7.54. The molecular formula is C17H21NO3. The van der Waals surface area contributed by atoms with Crippen molar-refractivity contribution in [2.45, 2.75) is 31.0 Å². The predicted octanol–water partition coefficient (Wildman–Crippen LogP) is 1.84. The maximum Gasteiger partial charge on any atom is 0.246 e. The van der Waals surface area contributed by atoms with E-state index in [1.54, 1.807) is 11.0 Å². The number of hydrogen-bond acceptors (Lipinski definition) is 3. The zero-order chi connectivity index (χ0) is 14.7. The number of amides is 1. The smallest absolute Gasteiger partial charge is 0.246 e. The standard InChI is InChI=1S/C17H21NO3/c19-15-13-18(11-10-17(15)9-4-12-21-17)16(20)8-7-14-5-2-1-3-6-14/h1-3,5-8,15,19H,4,9-13H2/b8-7+/t15-,17-/m0/s1. The summed E-state index contributed by atoms with van der Waals surface area (Å²) in [6, 6.07) is 9.74. The number of likely N-dealkylation sites (tertiary alicyclic amines) is 1. The molecule has 1 amide bonds. The van der Waals surface area contributed by atoms with E-state index >= 15 is 0 Å². The van der Waals surface area contributed by atoms with Crippen molar-refractivity contribution in [1.29, 1.82) is 0 Å². The minimum atomic E-state index is -0.581. The lowest BCUT2D eigenvalue weighted by atomic mass is 9.86. The summed E-state index contributed by atoms with van der Waals surface area (Å²) in [5.41, 5.74) is 0.596. The Balaban J connectivity index is 1.61. The minimum Gasteiger partial charge on any atom is -0.388 e. The Hall–Kier alpha value is -1.65. The van der Waals surface area contributed by atoms with E-state index in [0.29, 0.717) is 13.1 Å². The largest absolute Gasteiger partial charge is 0.388 e. The topological polar surface area (TPSA) is 49.8 Å². The Kier molecular flexibility index (Phi) is 4.08. The molecule has 2 heterocycles. The summed E-state index contributed by atoms with van der Waals surface area (Å²) >= 11 is 0. The van der Waals surface area contributed by atoms with E-state index in [1.807, 2.05) is 36.4 Å². The van der Waals surface area contributed by atoms with Crippen molar-refractivity contribution >= 4 is 12.0 Å². The zero-order valence-electron chi connectivity index (χ0n) is 12.1. The predicted molar refractivity (Wildman–Crippen MR) is 80.6 cm³/mol. The first kappa shape index (κ1) is 14.3. The summed E-state index contributed by atoms with van der Waals surface area (Å²) in [5.74, 6) is -0.0502. The molecule has 0 unspecified atom stereocenters. The Morgan fingerprint density at radius 2 is 2.14 bits per heavy atom. The molecule has 2 fully saturated rings. The fourth-order valence-corrected chi connectivity index (χ4v) is 3.17. The van der Waals surface area contributed by atoms with Gasteiger partial charge in [-0.3, -0.25) is 4.79 Å². The van der Waals surface area contributed by atoms with E-state index in [4.69, 9.17) is 4.74 Å². The average molecular weight is 287 g/mol. The van der Waals surface area contributed by atoms with Crippen LogP contribution < -0.4 is 0 Å². The van der Waals surface area contributed by atoms with Crippen molar-refractivity contribution in [3.05, 3.63) is 42.0 Å². The van der Waals surface area contributed by atoms with Gasteiger partial charge >= 0.3 is 0 Å². The molecule has 0 bridgehead atoms. The van der Waals surface area contributed by atoms with Crippen molar-refractivity contribution in [3.63, 3.8) is 0 Å². The number of benzene rings is 1. The number of β-amino-alcohol motifs (C(OH)–C–C–N with tert-alkyl or cyclic N) is 1. The lowest BCUT2D eigenvalue weighted by Gasteiger charge is -2.42. The number of carbonyl (C=O) groups excluding carboxylic acids is 1. The molecule has 2 atom stereocenters. The number of carbonyl (C=O) groups is 1. The number of aliphatic hydroxyl groups is 1. The summed E-state index contributed by atoms with van der Waals surface area (Å²) in [4.78, 5) is 13.9. The fraction of sp³-hybridized carbons (Fsp3) is 0.471. The Morgan fingerprint density at radius 3 is 2.81 bits per heavy atom. The Labute approximate surface area is 125 Å². The summed E-state index contributed by atoms with van der Waals surface area (Å²) in [7, 11) is 0. The average Bonchev–Trinajstić information content (AvgIpc) is 2.99. The van der Waals surface area contributed by atoms with E-state index in [9.17, 15) is 9.90 Å². The number of nitrogens with zero attached hydrogens (tertiary/aromatic N) is 1. The van der Waals surface area contributed by atoms with Crippen molar-refractivity contribution in [2.24, 2.45) is 0 Å². The normalized spacial score (nSPS) is 29.4. The van der Waals surface area contributed by atoms with Crippen LogP contribution in [0.15, 0.2) is 36.4 Å². The van der Waals surface area contributed by atoms with Crippen LogP contribution in [0.4, 0.5) is 0 Å². The zero-order valence-corrected chi connectivity index (χ0v) is 12.1. The molecule has 2 saturated heterocycles. The molecule has 0 aromatic heterocycles. The highest BCUT2D eigenvalue weighted by Gasteiger charge is 2.46. The number of hydrogen-bond donors (Lipinski definition) is 1. The molecule has 21 heavy (non-hydrogen) atoms. The van der Waals surface area contributed by atoms with Gasteiger partial charge in [-0.25, -0.2) is 0 Å². The van der Waals surface area contributed by atoms with E-state index in [2.05, 4.69) is 0 Å². The van der Waals surface area contributed by atoms with Gasteiger partial charge in [-0.1, -0.05) is 30.3 Å². The van der Waals surface area contributed by atoms with Crippen LogP contribution in [0.2, 0.25) is 0 Å². The van der Waals surface area contributed by atoms with Crippen LogP contribution in [0.5, 0.6) is 0 Å². The van der Waals surface area contributed by atoms with Crippen LogP contribution in [0, 0.1) is 0 Å². The van der Waals surface area contributed by atoms with Crippen LogP contribution in [-0.4, -0.2) is 47.3 Å². The minimum absolute atomic E-state index is 0.0502. The lowest BCUT2D eigenvalue weighted by molar-refractivity contribution is -0.148. The molecule has 4 heteroatoms. The molecular weight excluding hydrogens is 266 g/mol. The van der Waals surface area contributed by atoms with Gasteiger partial charge in [-0.05, 0) is 30.9 Å². The SMILES string of the molecule is O=C(/C=C/c1ccccc1)N1CC[C@@]2(CCCO2)[C@@H](O)C1. The molecule has 0 radical (unpaired) electrons. The third kappa shape index (κ3) is 3.01. The van der Waals surface area contributed by atoms with Gasteiger partial charge in [0.05, 0.1) is 5.60 Å². The molecule has 2 aliphatic rings. The third-order valence-corrected chi connectivity index (χ3v) is 4.47. The van der Waals surface area contributed by atoms with Crippen LogP contribution in [0.1, 0.15) is 24.8 Å². The first-order chi connectivity index (χ1) is 10.2. The number of piperidine rings is 1. The fourth-order valence-electron chi connectivity index (χ4n) is 3.17. The van der Waals surface area contributed by atoms with Crippen LogP contribution >= 0.6 is 0 Å². The summed E-state index contributed by atoms with van der Waals surface area (Å²) in [6.45, 7) is 1.73. The summed E-state index contributed by atoms with van der Waals surface area (Å²) < 4.78 is 5.75. The second-order valence-electron chi connectivity index (χ2n) is 5.81. The van der Waals surface area contributed by atoms with Gasteiger partial charge in [-0.15, -0.1) is 0 Å². The highest BCUT2D eigenvalue weighted by atomic mass is 16.5. The van der Waals surface area contributed by atoms with Crippen LogP contribution in [0.25, 0.3) is 6.08 Å². The van der Waals surface area contributed by atoms with Gasteiger partial charge in [0.1, 0.15) is 6.10 Å². The quantitative estimate of drug-likeness (QED) is 0.844. The summed E-state index contributed by atoms with van der Waals surface area (Å²) in [6.07, 6.45) is 5.43. The van der Waals surface area contributed by atoms with E-state index in [-0.39, 0.29) is 5.91 Å². The molecule has 2 aliphatic heterocycles. The van der Waals surface area contributed by atoms with Crippen molar-refractivity contribution in [1.82, 2.24) is 4.90 Å².